The Morgan fingerprint density at radius 3 is 2.56 bits per heavy atom. The predicted octanol–water partition coefficient (Wildman–Crippen LogP) is 4.66. The SMILES string of the molecule is C=CCOC(=O)OC[C@H]1O[C@@H](n2cnc3c(N)ncnc32)[C@H](O[Si](C)(C)C(C)(C)C)[C@@H]1OP(=O)(OCC=C)OCCC#N. The van der Waals surface area contributed by atoms with E-state index in [1.807, 2.05) is 19.2 Å². The third kappa shape index (κ3) is 8.48. The van der Waals surface area contributed by atoms with E-state index in [-0.39, 0.29) is 43.7 Å². The molecule has 236 valence electrons. The van der Waals surface area contributed by atoms with E-state index in [1.54, 1.807) is 4.57 Å². The number of phosphoric ester groups is 1. The highest BCUT2D eigenvalue weighted by molar-refractivity contribution is 7.48. The van der Waals surface area contributed by atoms with E-state index in [9.17, 15) is 9.36 Å². The van der Waals surface area contributed by atoms with E-state index >= 15 is 0 Å². The summed E-state index contributed by atoms with van der Waals surface area (Å²) < 4.78 is 56.0. The zero-order valence-corrected chi connectivity index (χ0v) is 26.9. The van der Waals surface area contributed by atoms with Crippen LogP contribution < -0.4 is 5.73 Å². The Kier molecular flexibility index (Phi) is 11.6. The fraction of sp³-hybridized carbons (Fsp3) is 0.577. The molecule has 1 saturated heterocycles. The number of ether oxygens (including phenoxy) is 3. The van der Waals surface area contributed by atoms with Gasteiger partial charge >= 0.3 is 14.0 Å². The Morgan fingerprint density at radius 1 is 1.19 bits per heavy atom. The minimum absolute atomic E-state index is 0.0660. The fourth-order valence-corrected chi connectivity index (χ4v) is 6.44. The number of nitrogens with two attached hydrogens (primary N) is 1. The van der Waals surface area contributed by atoms with Gasteiger partial charge in [0.1, 0.15) is 43.4 Å². The van der Waals surface area contributed by atoms with Gasteiger partial charge < -0.3 is 24.4 Å². The molecule has 0 radical (unpaired) electrons. The molecule has 1 aliphatic heterocycles. The molecular weight excluding hydrogens is 599 g/mol. The van der Waals surface area contributed by atoms with Crippen molar-refractivity contribution in [2.24, 2.45) is 0 Å². The molecule has 0 aliphatic carbocycles. The van der Waals surface area contributed by atoms with Crippen LogP contribution in [-0.4, -0.2) is 78.7 Å². The Bertz CT molecular complexity index is 1380. The molecule has 3 heterocycles. The minimum atomic E-state index is -4.34. The molecule has 0 saturated carbocycles. The predicted molar refractivity (Wildman–Crippen MR) is 158 cm³/mol. The van der Waals surface area contributed by atoms with Crippen LogP contribution in [-0.2, 0) is 36.8 Å². The Labute approximate surface area is 251 Å². The van der Waals surface area contributed by atoms with Crippen LogP contribution in [0, 0.1) is 11.3 Å². The van der Waals surface area contributed by atoms with Crippen LogP contribution in [0.1, 0.15) is 33.4 Å². The van der Waals surface area contributed by atoms with Gasteiger partial charge in [-0.25, -0.2) is 24.3 Å². The van der Waals surface area contributed by atoms with Gasteiger partial charge in [-0.15, -0.1) is 6.58 Å². The molecular formula is C26H39N6O9PSi. The lowest BCUT2D eigenvalue weighted by Gasteiger charge is -2.40. The number of carbonyl (C=O) groups excluding carboxylic acids is 1. The zero-order chi connectivity index (χ0) is 31.8. The normalized spacial score (nSPS) is 22.0. The lowest BCUT2D eigenvalue weighted by molar-refractivity contribution is -0.0600. The Hall–Kier alpha value is -3.16. The lowest BCUT2D eigenvalue weighted by atomic mass is 10.1. The van der Waals surface area contributed by atoms with Crippen molar-refractivity contribution < 1.29 is 41.6 Å². The number of hydrogen-bond donors (Lipinski definition) is 1. The average molecular weight is 639 g/mol. The summed E-state index contributed by atoms with van der Waals surface area (Å²) in [6, 6.07) is 1.92. The maximum Gasteiger partial charge on any atom is 0.508 e. The first-order chi connectivity index (χ1) is 20.3. The summed E-state index contributed by atoms with van der Waals surface area (Å²) in [4.78, 5) is 24.9. The number of anilines is 1. The second-order valence-electron chi connectivity index (χ2n) is 11.0. The van der Waals surface area contributed by atoms with E-state index in [2.05, 4.69) is 48.9 Å². The third-order valence-corrected chi connectivity index (χ3v) is 12.9. The van der Waals surface area contributed by atoms with Crippen LogP contribution in [0.15, 0.2) is 38.0 Å². The second-order valence-corrected chi connectivity index (χ2v) is 17.4. The van der Waals surface area contributed by atoms with Crippen LogP contribution in [0.5, 0.6) is 0 Å². The highest BCUT2D eigenvalue weighted by atomic mass is 31.2. The number of aromatic nitrogens is 4. The topological polar surface area (TPSA) is 192 Å². The van der Waals surface area contributed by atoms with Crippen LogP contribution in [0.25, 0.3) is 11.2 Å². The molecule has 17 heteroatoms. The number of phosphoric acid groups is 1. The minimum Gasteiger partial charge on any atom is -0.431 e. The zero-order valence-electron chi connectivity index (χ0n) is 25.0. The summed E-state index contributed by atoms with van der Waals surface area (Å²) in [5, 5.41) is 8.73. The molecule has 43 heavy (non-hydrogen) atoms. The van der Waals surface area contributed by atoms with Gasteiger partial charge in [0.15, 0.2) is 26.0 Å². The van der Waals surface area contributed by atoms with E-state index < -0.39 is 46.8 Å². The summed E-state index contributed by atoms with van der Waals surface area (Å²) in [7, 11) is -6.94. The lowest BCUT2D eigenvalue weighted by Crippen LogP contribution is -2.49. The molecule has 1 aliphatic rings. The van der Waals surface area contributed by atoms with Gasteiger partial charge in [-0.05, 0) is 18.1 Å². The molecule has 15 nitrogen and oxygen atoms in total. The molecule has 2 N–H and O–H groups in total. The van der Waals surface area contributed by atoms with Crippen molar-refractivity contribution in [3.05, 3.63) is 38.0 Å². The number of nitrogen functional groups attached to an aromatic ring is 1. The van der Waals surface area contributed by atoms with E-state index in [4.69, 9.17) is 43.2 Å². The molecule has 0 bridgehead atoms. The van der Waals surface area contributed by atoms with Crippen LogP contribution >= 0.6 is 7.82 Å². The molecule has 1 fully saturated rings. The molecule has 0 spiro atoms. The first kappa shape index (κ1) is 34.3. The number of imidazole rings is 1. The maximum absolute atomic E-state index is 13.9. The summed E-state index contributed by atoms with van der Waals surface area (Å²) in [6.45, 7) is 16.5. The van der Waals surface area contributed by atoms with Gasteiger partial charge in [0.05, 0.1) is 32.0 Å². The monoisotopic (exact) mass is 638 g/mol. The van der Waals surface area contributed by atoms with E-state index in [0.29, 0.717) is 11.2 Å². The van der Waals surface area contributed by atoms with Gasteiger partial charge in [-0.1, -0.05) is 39.5 Å². The van der Waals surface area contributed by atoms with Crippen molar-refractivity contribution >= 4 is 39.3 Å². The number of hydrogen-bond acceptors (Lipinski definition) is 14. The summed E-state index contributed by atoms with van der Waals surface area (Å²) in [5.74, 6) is 0.162. The Morgan fingerprint density at radius 2 is 1.91 bits per heavy atom. The average Bonchev–Trinajstić information content (AvgIpc) is 3.51. The van der Waals surface area contributed by atoms with Crippen molar-refractivity contribution in [2.75, 3.05) is 32.2 Å². The van der Waals surface area contributed by atoms with Crippen molar-refractivity contribution in [1.29, 1.82) is 5.26 Å². The smallest absolute Gasteiger partial charge is 0.431 e. The van der Waals surface area contributed by atoms with Crippen molar-refractivity contribution in [3.63, 3.8) is 0 Å². The van der Waals surface area contributed by atoms with Crippen LogP contribution in [0.2, 0.25) is 18.1 Å². The summed E-state index contributed by atoms with van der Waals surface area (Å²) >= 11 is 0. The highest BCUT2D eigenvalue weighted by Gasteiger charge is 2.54. The number of nitrogens with zero attached hydrogens (tertiary/aromatic N) is 5. The first-order valence-corrected chi connectivity index (χ1v) is 17.9. The third-order valence-electron chi connectivity index (χ3n) is 6.93. The number of rotatable bonds is 15. The maximum atomic E-state index is 13.9. The second kappa shape index (κ2) is 14.5. The first-order valence-electron chi connectivity index (χ1n) is 13.5. The summed E-state index contributed by atoms with van der Waals surface area (Å²) in [6.07, 6.45) is 0.308. The van der Waals surface area contributed by atoms with E-state index in [1.165, 1.54) is 24.8 Å². The van der Waals surface area contributed by atoms with Gasteiger partial charge in [0.2, 0.25) is 0 Å². The standard InChI is InChI=1S/C26H39N6O9PSi/c1-8-12-35-25(33)36-15-18-20(40-42(34,37-13-9-2)38-14-10-11-27)21(41-43(6,7)26(3,4)5)24(39-18)32-17-31-19-22(28)29-16-30-23(19)32/h8-9,16-18,20-21,24H,1-2,10,12-15H2,3-7H3,(H2,28,29,30)/t18-,20-,21-,24-,42?/m1/s1. The quantitative estimate of drug-likeness (QED) is 0.0930. The summed E-state index contributed by atoms with van der Waals surface area (Å²) in [5.41, 5.74) is 6.71. The molecule has 0 amide bonds. The molecule has 0 aromatic carbocycles. The Balaban J connectivity index is 2.10. The molecule has 1 unspecified atom stereocenters. The molecule has 2 aromatic rings. The van der Waals surface area contributed by atoms with E-state index in [0.717, 1.165) is 0 Å². The highest BCUT2D eigenvalue weighted by Crippen LogP contribution is 2.54. The van der Waals surface area contributed by atoms with Crippen molar-refractivity contribution in [1.82, 2.24) is 19.5 Å². The number of nitriles is 1. The largest absolute Gasteiger partial charge is 0.508 e. The number of fused-ring (bicyclic) bond motifs is 1. The molecule has 3 rings (SSSR count). The van der Waals surface area contributed by atoms with Gasteiger partial charge in [0, 0.05) is 0 Å². The van der Waals surface area contributed by atoms with Gasteiger partial charge in [-0.3, -0.25) is 18.1 Å². The molecule has 2 aromatic heterocycles. The fourth-order valence-electron chi connectivity index (χ4n) is 3.81. The van der Waals surface area contributed by atoms with Crippen LogP contribution in [0.3, 0.4) is 0 Å². The van der Waals surface area contributed by atoms with Crippen LogP contribution in [0.4, 0.5) is 10.6 Å². The van der Waals surface area contributed by atoms with Crippen molar-refractivity contribution in [3.8, 4) is 6.07 Å². The molecule has 5 atom stereocenters. The van der Waals surface area contributed by atoms with Gasteiger partial charge in [-0.2, -0.15) is 5.26 Å². The number of carbonyl (C=O) groups is 1. The van der Waals surface area contributed by atoms with Crippen molar-refractivity contribution in [2.45, 2.75) is 69.9 Å². The van der Waals surface area contributed by atoms with Gasteiger partial charge in [0.25, 0.3) is 0 Å².